The molecule has 0 aliphatic carbocycles. The number of hydrogen-bond acceptors (Lipinski definition) is 4. The van der Waals surface area contributed by atoms with Crippen molar-refractivity contribution in [3.05, 3.63) is 70.7 Å². The van der Waals surface area contributed by atoms with Crippen LogP contribution in [-0.2, 0) is 20.6 Å². The third-order valence-electron chi connectivity index (χ3n) is 3.54. The summed E-state index contributed by atoms with van der Waals surface area (Å²) < 4.78 is 31.6. The van der Waals surface area contributed by atoms with Gasteiger partial charge in [0.25, 0.3) is 0 Å². The van der Waals surface area contributed by atoms with Gasteiger partial charge in [0.15, 0.2) is 0 Å². The Balaban J connectivity index is 1.82. The molecule has 28 heavy (non-hydrogen) atoms. The number of nitrogens with one attached hydrogen (secondary N) is 2. The van der Waals surface area contributed by atoms with Gasteiger partial charge in [-0.15, -0.1) is 6.58 Å². The smallest absolute Gasteiger partial charge is 0.227 e. The fourth-order valence-electron chi connectivity index (χ4n) is 2.21. The van der Waals surface area contributed by atoms with E-state index in [1.54, 1.807) is 42.5 Å². The minimum absolute atomic E-state index is 0.116. The molecule has 2 aromatic carbocycles. The minimum atomic E-state index is -3.42. The van der Waals surface area contributed by atoms with Crippen LogP contribution in [0, 0.1) is 0 Å². The zero-order valence-electron chi connectivity index (χ0n) is 15.0. The third kappa shape index (κ3) is 7.16. The van der Waals surface area contributed by atoms with Gasteiger partial charge in [0.05, 0.1) is 23.8 Å². The molecule has 150 valence electrons. The van der Waals surface area contributed by atoms with Crippen molar-refractivity contribution < 1.29 is 17.9 Å². The number of sulfonamides is 1. The number of benzene rings is 2. The number of carbonyl (C=O) groups is 1. The van der Waals surface area contributed by atoms with Crippen LogP contribution in [0.4, 0.5) is 5.69 Å². The van der Waals surface area contributed by atoms with Gasteiger partial charge in [-0.3, -0.25) is 4.79 Å². The minimum Gasteiger partial charge on any atom is -0.491 e. The van der Waals surface area contributed by atoms with Gasteiger partial charge in [-0.25, -0.2) is 13.1 Å². The average molecular weight is 443 g/mol. The maximum atomic E-state index is 12.0. The monoisotopic (exact) mass is 442 g/mol. The number of carbonyl (C=O) groups excluding carboxylic acids is 1. The average Bonchev–Trinajstić information content (AvgIpc) is 2.65. The summed E-state index contributed by atoms with van der Waals surface area (Å²) in [4.78, 5) is 12.0. The zero-order chi connectivity index (χ0) is 20.6. The highest BCUT2D eigenvalue weighted by molar-refractivity contribution is 7.88. The molecular formula is C19H20Cl2N2O4S. The Bertz CT molecular complexity index is 931. The normalized spacial score (nSPS) is 11.1. The summed E-state index contributed by atoms with van der Waals surface area (Å²) in [6.45, 7) is 3.78. The van der Waals surface area contributed by atoms with Crippen molar-refractivity contribution in [2.24, 2.45) is 0 Å². The van der Waals surface area contributed by atoms with E-state index < -0.39 is 10.0 Å². The first-order valence-corrected chi connectivity index (χ1v) is 10.8. The molecule has 2 N–H and O–H groups in total. The van der Waals surface area contributed by atoms with E-state index in [-0.39, 0.29) is 31.2 Å². The van der Waals surface area contributed by atoms with E-state index in [1.165, 1.54) is 6.08 Å². The molecule has 2 aromatic rings. The summed E-state index contributed by atoms with van der Waals surface area (Å²) in [7, 11) is -3.42. The standard InChI is InChI=1S/C19H20Cl2N2O4S/c1-2-11-22-28(25,26)13-14-6-8-15(9-7-14)23-18(24)10-12-27-17-5-3-4-16(20)19(17)21/h2-9,22H,1,10-13H2,(H,23,24). The van der Waals surface area contributed by atoms with Gasteiger partial charge in [0, 0.05) is 12.2 Å². The quantitative estimate of drug-likeness (QED) is 0.544. The Kier molecular flexibility index (Phi) is 8.32. The number of amides is 1. The van der Waals surface area contributed by atoms with Crippen molar-refractivity contribution in [2.75, 3.05) is 18.5 Å². The third-order valence-corrected chi connectivity index (χ3v) is 5.67. The van der Waals surface area contributed by atoms with Crippen LogP contribution in [0.5, 0.6) is 5.75 Å². The number of halogens is 2. The molecule has 6 nitrogen and oxygen atoms in total. The van der Waals surface area contributed by atoms with Crippen LogP contribution in [0.25, 0.3) is 0 Å². The molecule has 0 aliphatic rings. The van der Waals surface area contributed by atoms with Crippen LogP contribution < -0.4 is 14.8 Å². The highest BCUT2D eigenvalue weighted by Gasteiger charge is 2.11. The predicted octanol–water partition coefficient (Wildman–Crippen LogP) is 4.01. The Hall–Kier alpha value is -2.06. The molecule has 0 aromatic heterocycles. The van der Waals surface area contributed by atoms with Crippen LogP contribution in [0.15, 0.2) is 55.1 Å². The number of anilines is 1. The first kappa shape index (κ1) is 22.2. The second kappa shape index (κ2) is 10.5. The number of rotatable bonds is 10. The summed E-state index contributed by atoms with van der Waals surface area (Å²) in [5.41, 5.74) is 1.17. The lowest BCUT2D eigenvalue weighted by atomic mass is 10.2. The van der Waals surface area contributed by atoms with Gasteiger partial charge in [-0.1, -0.05) is 47.5 Å². The summed E-state index contributed by atoms with van der Waals surface area (Å²) >= 11 is 11.9. The Labute approximate surface area is 174 Å². The summed E-state index contributed by atoms with van der Waals surface area (Å²) in [5, 5.41) is 3.41. The number of ether oxygens (including phenoxy) is 1. The van der Waals surface area contributed by atoms with Gasteiger partial charge in [-0.2, -0.15) is 0 Å². The Morgan fingerprint density at radius 3 is 2.54 bits per heavy atom. The van der Waals surface area contributed by atoms with Crippen LogP contribution in [0.2, 0.25) is 10.0 Å². The zero-order valence-corrected chi connectivity index (χ0v) is 17.3. The highest BCUT2D eigenvalue weighted by atomic mass is 35.5. The molecule has 0 aliphatic heterocycles. The van der Waals surface area contributed by atoms with E-state index >= 15 is 0 Å². The number of hydrogen-bond donors (Lipinski definition) is 2. The van der Waals surface area contributed by atoms with E-state index in [0.29, 0.717) is 27.0 Å². The maximum absolute atomic E-state index is 12.0. The van der Waals surface area contributed by atoms with Gasteiger partial charge >= 0.3 is 0 Å². The van der Waals surface area contributed by atoms with E-state index in [2.05, 4.69) is 16.6 Å². The SMILES string of the molecule is C=CCNS(=O)(=O)Cc1ccc(NC(=O)CCOc2cccc(Cl)c2Cl)cc1. The van der Waals surface area contributed by atoms with Crippen LogP contribution in [0.1, 0.15) is 12.0 Å². The van der Waals surface area contributed by atoms with Gasteiger partial charge in [0.2, 0.25) is 15.9 Å². The highest BCUT2D eigenvalue weighted by Crippen LogP contribution is 2.31. The summed E-state index contributed by atoms with van der Waals surface area (Å²) in [5.74, 6) is 0.0206. The van der Waals surface area contributed by atoms with Gasteiger partial charge < -0.3 is 10.1 Å². The van der Waals surface area contributed by atoms with E-state index in [0.717, 1.165) is 0 Å². The lowest BCUT2D eigenvalue weighted by Gasteiger charge is -2.10. The van der Waals surface area contributed by atoms with Gasteiger partial charge in [0.1, 0.15) is 10.8 Å². The van der Waals surface area contributed by atoms with Crippen molar-refractivity contribution in [2.45, 2.75) is 12.2 Å². The topological polar surface area (TPSA) is 84.5 Å². The van der Waals surface area contributed by atoms with Crippen molar-refractivity contribution in [1.29, 1.82) is 0 Å². The fourth-order valence-corrected chi connectivity index (χ4v) is 3.66. The van der Waals surface area contributed by atoms with Crippen LogP contribution >= 0.6 is 23.2 Å². The lowest BCUT2D eigenvalue weighted by molar-refractivity contribution is -0.116. The molecule has 0 radical (unpaired) electrons. The van der Waals surface area contributed by atoms with Gasteiger partial charge in [-0.05, 0) is 29.8 Å². The summed E-state index contributed by atoms with van der Waals surface area (Å²) in [6, 6.07) is 11.6. The van der Waals surface area contributed by atoms with Crippen LogP contribution in [-0.4, -0.2) is 27.5 Å². The van der Waals surface area contributed by atoms with E-state index in [4.69, 9.17) is 27.9 Å². The Morgan fingerprint density at radius 1 is 1.14 bits per heavy atom. The van der Waals surface area contributed by atoms with Crippen LogP contribution in [0.3, 0.4) is 0 Å². The molecule has 2 rings (SSSR count). The van der Waals surface area contributed by atoms with E-state index in [9.17, 15) is 13.2 Å². The first-order valence-electron chi connectivity index (χ1n) is 8.34. The molecule has 0 fully saturated rings. The maximum Gasteiger partial charge on any atom is 0.227 e. The molecule has 0 saturated heterocycles. The molecular weight excluding hydrogens is 423 g/mol. The second-order valence-electron chi connectivity index (χ2n) is 5.79. The fraction of sp³-hybridized carbons (Fsp3) is 0.211. The van der Waals surface area contributed by atoms with Crippen molar-refractivity contribution in [3.8, 4) is 5.75 Å². The molecule has 0 spiro atoms. The first-order chi connectivity index (χ1) is 13.3. The predicted molar refractivity (Wildman–Crippen MR) is 112 cm³/mol. The lowest BCUT2D eigenvalue weighted by Crippen LogP contribution is -2.25. The van der Waals surface area contributed by atoms with Crippen molar-refractivity contribution in [3.63, 3.8) is 0 Å². The summed E-state index contributed by atoms with van der Waals surface area (Å²) in [6.07, 6.45) is 1.59. The van der Waals surface area contributed by atoms with E-state index in [1.807, 2.05) is 0 Å². The molecule has 9 heteroatoms. The molecule has 0 unspecified atom stereocenters. The second-order valence-corrected chi connectivity index (χ2v) is 8.38. The molecule has 0 atom stereocenters. The molecule has 0 saturated carbocycles. The molecule has 0 heterocycles. The van der Waals surface area contributed by atoms with Crippen molar-refractivity contribution in [1.82, 2.24) is 4.72 Å². The molecule has 1 amide bonds. The molecule has 0 bridgehead atoms. The van der Waals surface area contributed by atoms with Crippen molar-refractivity contribution >= 4 is 44.8 Å². The Morgan fingerprint density at radius 2 is 1.86 bits per heavy atom. The largest absolute Gasteiger partial charge is 0.491 e.